The molecule has 8 heavy (non-hydrogen) atoms. The van der Waals surface area contributed by atoms with Crippen LogP contribution < -0.4 is 0 Å². The second kappa shape index (κ2) is 24.8. The fourth-order valence-electron chi connectivity index (χ4n) is 0. The Labute approximate surface area is 75.2 Å². The van der Waals surface area contributed by atoms with Gasteiger partial charge in [0.25, 0.3) is 0 Å². The molecule has 0 aromatic heterocycles. The summed E-state index contributed by atoms with van der Waals surface area (Å²) in [5.74, 6) is 1.42. The van der Waals surface area contributed by atoms with Gasteiger partial charge in [0.05, 0.1) is 0 Å². The van der Waals surface area contributed by atoms with Crippen LogP contribution in [-0.4, -0.2) is 0 Å². The van der Waals surface area contributed by atoms with Gasteiger partial charge >= 0.3 is 26.2 Å². The first-order chi connectivity index (χ1) is 1.73. The van der Waals surface area contributed by atoms with Crippen LogP contribution in [0.15, 0.2) is 0 Å². The van der Waals surface area contributed by atoms with E-state index in [1.54, 1.807) is 0 Å². The summed E-state index contributed by atoms with van der Waals surface area (Å²) >= 11 is 0. The van der Waals surface area contributed by atoms with Gasteiger partial charge in [-0.1, -0.05) is 0 Å². The van der Waals surface area contributed by atoms with Crippen LogP contribution in [-0.2, 0) is 26.2 Å². The minimum atomic E-state index is 0. The van der Waals surface area contributed by atoms with Crippen LogP contribution in [0.5, 0.6) is 0 Å². The van der Waals surface area contributed by atoms with Crippen molar-refractivity contribution in [1.29, 1.82) is 0 Å². The number of hydrogen-bond donors (Lipinski definition) is 0. The normalized spacial score (nSPS) is 4.50. The molecule has 0 fully saturated rings. The zero-order valence-electron chi connectivity index (χ0n) is 7.00. The van der Waals surface area contributed by atoms with Crippen molar-refractivity contribution in [2.24, 2.45) is 0 Å². The van der Waals surface area contributed by atoms with Crippen molar-refractivity contribution < 1.29 is 26.2 Å². The van der Waals surface area contributed by atoms with Crippen LogP contribution in [0.3, 0.4) is 0 Å². The summed E-state index contributed by atoms with van der Waals surface area (Å²) < 4.78 is 0. The molecule has 0 saturated carbocycles. The summed E-state index contributed by atoms with van der Waals surface area (Å²) in [5.41, 5.74) is 0. The molecule has 0 aromatic carbocycles. The van der Waals surface area contributed by atoms with Crippen molar-refractivity contribution in [2.75, 3.05) is 0 Å². The first-order valence-electron chi connectivity index (χ1n) is 1.50. The van der Waals surface area contributed by atoms with Gasteiger partial charge in [0.2, 0.25) is 0 Å². The maximum Gasteiger partial charge on any atom is 4.00 e. The minimum Gasteiger partial charge on any atom is -0.358 e. The fourth-order valence-corrected chi connectivity index (χ4v) is 0. The smallest absolute Gasteiger partial charge is 0.358 e. The van der Waals surface area contributed by atoms with Crippen LogP contribution in [0.25, 0.3) is 0 Å². The molecular formula is C7H18Zr. The summed E-state index contributed by atoms with van der Waals surface area (Å²) in [6, 6.07) is 0. The number of rotatable bonds is 0. The minimum absolute atomic E-state index is 0. The van der Waals surface area contributed by atoms with Gasteiger partial charge in [-0.15, -0.1) is 0 Å². The molecule has 0 atom stereocenters. The van der Waals surface area contributed by atoms with Crippen molar-refractivity contribution in [3.8, 4) is 0 Å². The van der Waals surface area contributed by atoms with E-state index in [4.69, 9.17) is 0 Å². The second-order valence-corrected chi connectivity index (χ2v) is 1.50. The Morgan fingerprint density at radius 1 is 0.750 bits per heavy atom. The summed E-state index contributed by atoms with van der Waals surface area (Å²) in [6.07, 6.45) is 0. The van der Waals surface area contributed by atoms with Gasteiger partial charge in [-0.25, -0.2) is 0 Å². The van der Waals surface area contributed by atoms with Crippen molar-refractivity contribution in [1.82, 2.24) is 0 Å². The van der Waals surface area contributed by atoms with E-state index in [-0.39, 0.29) is 48.5 Å². The molecule has 50 valence electrons. The van der Waals surface area contributed by atoms with Crippen molar-refractivity contribution in [3.05, 3.63) is 28.2 Å². The van der Waals surface area contributed by atoms with Crippen LogP contribution in [0, 0.1) is 28.2 Å². The Kier molecular flexibility index (Phi) is 113. The SMILES string of the molecule is C[C-](C)C.[CH3-].[CH3-].[CH3-].[Zr+4]. The average molecular weight is 193 g/mol. The van der Waals surface area contributed by atoms with Gasteiger partial charge in [-0.2, -0.15) is 20.8 Å². The zero-order valence-corrected chi connectivity index (χ0v) is 9.46. The van der Waals surface area contributed by atoms with Crippen LogP contribution >= 0.6 is 0 Å². The van der Waals surface area contributed by atoms with E-state index < -0.39 is 0 Å². The fraction of sp³-hybridized carbons (Fsp3) is 0.429. The Morgan fingerprint density at radius 2 is 0.750 bits per heavy atom. The summed E-state index contributed by atoms with van der Waals surface area (Å²) in [7, 11) is 0. The van der Waals surface area contributed by atoms with E-state index in [0.29, 0.717) is 0 Å². The van der Waals surface area contributed by atoms with Gasteiger partial charge in [-0.3, -0.25) is 0 Å². The van der Waals surface area contributed by atoms with Crippen LogP contribution in [0.2, 0.25) is 0 Å². The first kappa shape index (κ1) is 36.6. The van der Waals surface area contributed by atoms with E-state index in [1.807, 2.05) is 0 Å². The number of hydrogen-bond acceptors (Lipinski definition) is 0. The maximum atomic E-state index is 2.08. The third-order valence-electron chi connectivity index (χ3n) is 0. The van der Waals surface area contributed by atoms with Gasteiger partial charge in [-0.05, 0) is 0 Å². The van der Waals surface area contributed by atoms with E-state index in [9.17, 15) is 0 Å². The molecule has 0 aliphatic heterocycles. The molecule has 1 heteroatoms. The Bertz CT molecular complexity index is 9.10. The van der Waals surface area contributed by atoms with Gasteiger partial charge < -0.3 is 28.2 Å². The Morgan fingerprint density at radius 3 is 0.750 bits per heavy atom. The third kappa shape index (κ3) is 305. The summed E-state index contributed by atoms with van der Waals surface area (Å²) in [4.78, 5) is 0. The molecule has 0 radical (unpaired) electrons. The van der Waals surface area contributed by atoms with E-state index in [0.717, 1.165) is 0 Å². The summed E-state index contributed by atoms with van der Waals surface area (Å²) in [6.45, 7) is 6.25. The van der Waals surface area contributed by atoms with Gasteiger partial charge in [0.1, 0.15) is 0 Å². The topological polar surface area (TPSA) is 0 Å². The van der Waals surface area contributed by atoms with Crippen molar-refractivity contribution >= 4 is 0 Å². The molecule has 0 aliphatic rings. The molecular weight excluding hydrogens is 175 g/mol. The molecule has 0 N–H and O–H groups in total. The molecule has 0 rings (SSSR count). The Hall–Kier alpha value is 0.883. The second-order valence-electron chi connectivity index (χ2n) is 1.50. The van der Waals surface area contributed by atoms with Crippen LogP contribution in [0.4, 0.5) is 0 Å². The molecule has 0 aliphatic carbocycles. The quantitative estimate of drug-likeness (QED) is 0.519. The van der Waals surface area contributed by atoms with Crippen molar-refractivity contribution in [3.63, 3.8) is 0 Å². The third-order valence-corrected chi connectivity index (χ3v) is 0. The van der Waals surface area contributed by atoms with E-state index in [1.165, 1.54) is 5.92 Å². The van der Waals surface area contributed by atoms with Crippen LogP contribution in [0.1, 0.15) is 20.8 Å². The molecule has 0 saturated heterocycles. The Balaban J connectivity index is -0.00000000750. The van der Waals surface area contributed by atoms with Gasteiger partial charge in [0.15, 0.2) is 0 Å². The molecule has 0 amide bonds. The van der Waals surface area contributed by atoms with Crippen molar-refractivity contribution in [2.45, 2.75) is 20.8 Å². The predicted molar refractivity (Wildman–Crippen MR) is 39.5 cm³/mol. The molecule has 0 unspecified atom stereocenters. The molecule has 0 aromatic rings. The molecule has 0 spiro atoms. The zero-order chi connectivity index (χ0) is 3.58. The average Bonchev–Trinajstić information content (AvgIpc) is 0.811. The standard InChI is InChI=1S/C4H9.3CH3.Zr/c1-4(2)3;;;;/h1-3H3;3*1H3;/q4*-1;+4. The monoisotopic (exact) mass is 192 g/mol. The summed E-state index contributed by atoms with van der Waals surface area (Å²) in [5, 5.41) is 0. The van der Waals surface area contributed by atoms with E-state index in [2.05, 4.69) is 20.8 Å². The molecule has 0 nitrogen and oxygen atoms in total. The molecule has 0 heterocycles. The van der Waals surface area contributed by atoms with E-state index >= 15 is 0 Å². The van der Waals surface area contributed by atoms with Gasteiger partial charge in [0, 0.05) is 0 Å². The predicted octanol–water partition coefficient (Wildman–Crippen LogP) is 2.97. The maximum absolute atomic E-state index is 2.08. The molecule has 0 bridgehead atoms. The first-order valence-corrected chi connectivity index (χ1v) is 1.50. The largest absolute Gasteiger partial charge is 4.00 e.